The number of thiophene rings is 1. The van der Waals surface area contributed by atoms with Gasteiger partial charge in [-0.1, -0.05) is 18.9 Å². The molecule has 110 valence electrons. The highest BCUT2D eigenvalue weighted by atomic mass is 32.1. The highest BCUT2D eigenvalue weighted by molar-refractivity contribution is 7.19. The number of hydrogen-bond donors (Lipinski definition) is 3. The number of anilines is 2. The van der Waals surface area contributed by atoms with Crippen LogP contribution in [0.1, 0.15) is 35.4 Å². The number of nitrogens with one attached hydrogen (secondary N) is 2. The number of nitrogen functional groups attached to an aromatic ring is 1. The fourth-order valence-electron chi connectivity index (χ4n) is 2.40. The van der Waals surface area contributed by atoms with Gasteiger partial charge < -0.3 is 21.1 Å². The molecule has 1 aromatic rings. The Morgan fingerprint density at radius 2 is 2.25 bits per heavy atom. The minimum Gasteiger partial charge on any atom is -0.492 e. The average molecular weight is 295 g/mol. The summed E-state index contributed by atoms with van der Waals surface area (Å²) in [5, 5.41) is 7.03. The van der Waals surface area contributed by atoms with Gasteiger partial charge in [-0.2, -0.15) is 0 Å². The molecule has 0 saturated heterocycles. The van der Waals surface area contributed by atoms with Crippen LogP contribution >= 0.6 is 11.3 Å². The number of methoxy groups -OCH3 is 1. The molecule has 1 aliphatic carbocycles. The second-order valence-corrected chi connectivity index (χ2v) is 5.85. The fourth-order valence-corrected chi connectivity index (χ4v) is 3.48. The van der Waals surface area contributed by atoms with Gasteiger partial charge in [0.1, 0.15) is 15.6 Å². The summed E-state index contributed by atoms with van der Waals surface area (Å²) in [5.41, 5.74) is 6.42. The Kier molecular flexibility index (Phi) is 4.89. The molecule has 0 spiro atoms. The number of carbonyl (C=O) groups is 1. The smallest absolute Gasteiger partial charge is 0.263 e. The Morgan fingerprint density at radius 1 is 1.55 bits per heavy atom. The van der Waals surface area contributed by atoms with E-state index in [1.54, 1.807) is 13.2 Å². The van der Waals surface area contributed by atoms with Gasteiger partial charge in [0.05, 0.1) is 7.11 Å². The molecule has 1 fully saturated rings. The normalized spacial score (nSPS) is 15.1. The second-order valence-electron chi connectivity index (χ2n) is 4.83. The van der Waals surface area contributed by atoms with E-state index in [-0.39, 0.29) is 5.91 Å². The van der Waals surface area contributed by atoms with E-state index in [0.29, 0.717) is 28.9 Å². The van der Waals surface area contributed by atoms with Crippen molar-refractivity contribution in [3.63, 3.8) is 0 Å². The second kappa shape index (κ2) is 6.65. The van der Waals surface area contributed by atoms with Crippen molar-refractivity contribution in [1.29, 1.82) is 0 Å². The third-order valence-corrected chi connectivity index (χ3v) is 4.52. The summed E-state index contributed by atoms with van der Waals surface area (Å²) in [5.74, 6) is 0.385. The summed E-state index contributed by atoms with van der Waals surface area (Å²) in [7, 11) is 1.57. The van der Waals surface area contributed by atoms with E-state index < -0.39 is 0 Å². The molecule has 0 atom stereocenters. The van der Waals surface area contributed by atoms with E-state index in [2.05, 4.69) is 17.2 Å². The van der Waals surface area contributed by atoms with Crippen molar-refractivity contribution in [3.8, 4) is 5.75 Å². The van der Waals surface area contributed by atoms with Crippen LogP contribution in [0, 0.1) is 0 Å². The number of carbonyl (C=O) groups excluding carboxylic acids is 1. The van der Waals surface area contributed by atoms with Crippen molar-refractivity contribution >= 4 is 27.9 Å². The van der Waals surface area contributed by atoms with E-state index in [0.717, 1.165) is 17.8 Å². The SMILES string of the molecule is C=CCNC(=O)c1sc(NC2CCCC2)c(OC)c1N. The van der Waals surface area contributed by atoms with Gasteiger partial charge in [0.25, 0.3) is 5.91 Å². The molecule has 1 aromatic heterocycles. The van der Waals surface area contributed by atoms with Crippen molar-refractivity contribution in [2.24, 2.45) is 0 Å². The molecule has 6 heteroatoms. The first-order valence-corrected chi connectivity index (χ1v) is 7.61. The number of amides is 1. The number of rotatable bonds is 6. The van der Waals surface area contributed by atoms with Gasteiger partial charge in [0, 0.05) is 12.6 Å². The minimum absolute atomic E-state index is 0.190. The molecule has 1 aliphatic rings. The first kappa shape index (κ1) is 14.7. The van der Waals surface area contributed by atoms with Gasteiger partial charge in [-0.3, -0.25) is 4.79 Å². The van der Waals surface area contributed by atoms with E-state index in [1.165, 1.54) is 24.2 Å². The molecule has 20 heavy (non-hydrogen) atoms. The third-order valence-electron chi connectivity index (χ3n) is 3.41. The lowest BCUT2D eigenvalue weighted by molar-refractivity contribution is 0.0962. The van der Waals surface area contributed by atoms with Gasteiger partial charge in [-0.15, -0.1) is 17.9 Å². The van der Waals surface area contributed by atoms with Crippen LogP contribution in [0.3, 0.4) is 0 Å². The molecule has 5 nitrogen and oxygen atoms in total. The first-order chi connectivity index (χ1) is 9.67. The monoisotopic (exact) mass is 295 g/mol. The molecule has 1 saturated carbocycles. The first-order valence-electron chi connectivity index (χ1n) is 6.79. The van der Waals surface area contributed by atoms with Gasteiger partial charge in [0.2, 0.25) is 0 Å². The van der Waals surface area contributed by atoms with Crippen molar-refractivity contribution in [1.82, 2.24) is 5.32 Å². The van der Waals surface area contributed by atoms with Gasteiger partial charge in [-0.05, 0) is 12.8 Å². The predicted molar refractivity (Wildman–Crippen MR) is 83.7 cm³/mol. The molecule has 0 radical (unpaired) electrons. The van der Waals surface area contributed by atoms with E-state index in [1.807, 2.05) is 0 Å². The van der Waals surface area contributed by atoms with Crippen LogP contribution in [0.4, 0.5) is 10.7 Å². The Balaban J connectivity index is 2.18. The topological polar surface area (TPSA) is 76.4 Å². The maximum absolute atomic E-state index is 12.0. The van der Waals surface area contributed by atoms with Crippen molar-refractivity contribution in [2.75, 3.05) is 24.7 Å². The molecule has 0 unspecified atom stereocenters. The van der Waals surface area contributed by atoms with Crippen LogP contribution in [0.5, 0.6) is 5.75 Å². The van der Waals surface area contributed by atoms with Crippen LogP contribution < -0.4 is 21.1 Å². The maximum Gasteiger partial charge on any atom is 0.263 e. The molecule has 0 bridgehead atoms. The van der Waals surface area contributed by atoms with Crippen LogP contribution in [-0.2, 0) is 0 Å². The van der Waals surface area contributed by atoms with E-state index in [4.69, 9.17) is 10.5 Å². The lowest BCUT2D eigenvalue weighted by Crippen LogP contribution is -2.23. The Bertz CT molecular complexity index is 493. The van der Waals surface area contributed by atoms with Crippen LogP contribution in [0.15, 0.2) is 12.7 Å². The highest BCUT2D eigenvalue weighted by Gasteiger charge is 2.24. The Labute approximate surface area is 123 Å². The summed E-state index contributed by atoms with van der Waals surface area (Å²) >= 11 is 1.35. The lowest BCUT2D eigenvalue weighted by atomic mass is 10.2. The predicted octanol–water partition coefficient (Wildman–Crippen LogP) is 2.61. The molecular weight excluding hydrogens is 274 g/mol. The molecule has 0 aromatic carbocycles. The van der Waals surface area contributed by atoms with Crippen molar-refractivity contribution < 1.29 is 9.53 Å². The minimum atomic E-state index is -0.190. The molecular formula is C14H21N3O2S. The number of ether oxygens (including phenoxy) is 1. The zero-order chi connectivity index (χ0) is 14.5. The lowest BCUT2D eigenvalue weighted by Gasteiger charge is -2.12. The van der Waals surface area contributed by atoms with Gasteiger partial charge in [-0.25, -0.2) is 0 Å². The maximum atomic E-state index is 12.0. The molecule has 1 amide bonds. The standard InChI is InChI=1S/C14H21N3O2S/c1-3-8-16-13(18)12-10(15)11(19-2)14(20-12)17-9-6-4-5-7-9/h3,9,17H,1,4-8,15H2,2H3,(H,16,18). The molecule has 4 N–H and O–H groups in total. The molecule has 0 aliphatic heterocycles. The summed E-state index contributed by atoms with van der Waals surface area (Å²) in [6.07, 6.45) is 6.43. The number of nitrogens with two attached hydrogens (primary N) is 1. The molecule has 2 rings (SSSR count). The van der Waals surface area contributed by atoms with Crippen LogP contribution in [0.2, 0.25) is 0 Å². The van der Waals surface area contributed by atoms with Gasteiger partial charge in [0.15, 0.2) is 5.75 Å². The zero-order valence-electron chi connectivity index (χ0n) is 11.7. The van der Waals surface area contributed by atoms with E-state index >= 15 is 0 Å². The van der Waals surface area contributed by atoms with E-state index in [9.17, 15) is 4.79 Å². The fraction of sp³-hybridized carbons (Fsp3) is 0.500. The van der Waals surface area contributed by atoms with Crippen molar-refractivity contribution in [2.45, 2.75) is 31.7 Å². The summed E-state index contributed by atoms with van der Waals surface area (Å²) in [6, 6.07) is 0.450. The third kappa shape index (κ3) is 3.07. The largest absolute Gasteiger partial charge is 0.492 e. The Morgan fingerprint density at radius 3 is 2.85 bits per heavy atom. The van der Waals surface area contributed by atoms with Crippen LogP contribution in [-0.4, -0.2) is 25.6 Å². The summed E-state index contributed by atoms with van der Waals surface area (Å²) in [4.78, 5) is 12.5. The van der Waals surface area contributed by atoms with Crippen LogP contribution in [0.25, 0.3) is 0 Å². The number of hydrogen-bond acceptors (Lipinski definition) is 5. The zero-order valence-corrected chi connectivity index (χ0v) is 12.5. The summed E-state index contributed by atoms with van der Waals surface area (Å²) in [6.45, 7) is 4.00. The average Bonchev–Trinajstić information content (AvgIpc) is 3.05. The Hall–Kier alpha value is -1.69. The highest BCUT2D eigenvalue weighted by Crippen LogP contribution is 2.43. The van der Waals surface area contributed by atoms with Crippen molar-refractivity contribution in [3.05, 3.63) is 17.5 Å². The quantitative estimate of drug-likeness (QED) is 0.705. The van der Waals surface area contributed by atoms with Gasteiger partial charge >= 0.3 is 0 Å². The summed E-state index contributed by atoms with van der Waals surface area (Å²) < 4.78 is 5.34. The molecule has 1 heterocycles.